The molecule has 25 heavy (non-hydrogen) atoms. The normalized spacial score (nSPS) is 16.9. The highest BCUT2D eigenvalue weighted by molar-refractivity contribution is 5.93. The summed E-state index contributed by atoms with van der Waals surface area (Å²) in [4.78, 5) is 13.7. The van der Waals surface area contributed by atoms with Gasteiger partial charge in [0.1, 0.15) is 5.75 Å². The maximum atomic E-state index is 12.4. The molecule has 0 spiro atoms. The molecule has 3 rings (SSSR count). The number of carbonyl (C=O) groups excluding carboxylic acids is 1. The van der Waals surface area contributed by atoms with Crippen LogP contribution in [0, 0.1) is 6.92 Å². The largest absolute Gasteiger partial charge is 0.495 e. The highest BCUT2D eigenvalue weighted by atomic mass is 16.5. The van der Waals surface area contributed by atoms with Crippen molar-refractivity contribution in [2.24, 2.45) is 0 Å². The van der Waals surface area contributed by atoms with Crippen LogP contribution in [0.15, 0.2) is 54.6 Å². The highest BCUT2D eigenvalue weighted by Gasteiger charge is 2.19. The van der Waals surface area contributed by atoms with Crippen molar-refractivity contribution in [3.05, 3.63) is 65.7 Å². The van der Waals surface area contributed by atoms with E-state index in [9.17, 15) is 4.79 Å². The van der Waals surface area contributed by atoms with Gasteiger partial charge in [-0.3, -0.25) is 4.79 Å². The molecule has 130 valence electrons. The fourth-order valence-electron chi connectivity index (χ4n) is 3.20. The average molecular weight is 337 g/mol. The molecule has 1 aliphatic rings. The molecule has 0 bridgehead atoms. The molecule has 0 radical (unpaired) electrons. The second kappa shape index (κ2) is 7.99. The first-order valence-corrected chi connectivity index (χ1v) is 8.68. The molecule has 0 aromatic heterocycles. The number of quaternary nitrogens is 1. The van der Waals surface area contributed by atoms with E-state index >= 15 is 0 Å². The summed E-state index contributed by atoms with van der Waals surface area (Å²) in [7, 11) is 1.62. The zero-order valence-corrected chi connectivity index (χ0v) is 14.8. The van der Waals surface area contributed by atoms with Gasteiger partial charge in [0, 0.05) is 6.42 Å². The molecule has 4 nitrogen and oxygen atoms in total. The number of anilines is 1. The van der Waals surface area contributed by atoms with Crippen LogP contribution in [0.4, 0.5) is 5.69 Å². The molecule has 2 aromatic rings. The van der Waals surface area contributed by atoms with Crippen molar-refractivity contribution >= 4 is 17.2 Å². The van der Waals surface area contributed by atoms with Crippen LogP contribution in [0.2, 0.25) is 0 Å². The minimum Gasteiger partial charge on any atom is -0.495 e. The lowest BCUT2D eigenvalue weighted by Crippen LogP contribution is -3.13. The predicted octanol–water partition coefficient (Wildman–Crippen LogP) is 2.31. The molecule has 1 atom stereocenters. The minimum atomic E-state index is 0.0236. The van der Waals surface area contributed by atoms with E-state index in [1.54, 1.807) is 7.11 Å². The van der Waals surface area contributed by atoms with Gasteiger partial charge in [-0.1, -0.05) is 36.4 Å². The molecule has 1 amide bonds. The lowest BCUT2D eigenvalue weighted by molar-refractivity contribution is -0.886. The lowest BCUT2D eigenvalue weighted by atomic mass is 10.00. The number of benzene rings is 2. The summed E-state index contributed by atoms with van der Waals surface area (Å²) in [5.41, 5.74) is 4.50. The molecular formula is C21H25N2O2+. The molecule has 1 aliphatic heterocycles. The Balaban J connectivity index is 1.58. The number of rotatable bonds is 5. The van der Waals surface area contributed by atoms with Crippen molar-refractivity contribution in [3.63, 3.8) is 0 Å². The monoisotopic (exact) mass is 337 g/mol. The summed E-state index contributed by atoms with van der Waals surface area (Å²) in [6.45, 7) is 4.32. The van der Waals surface area contributed by atoms with Gasteiger partial charge < -0.3 is 15.0 Å². The smallest absolute Gasteiger partial charge is 0.279 e. The Bertz CT molecular complexity index is 769. The van der Waals surface area contributed by atoms with E-state index in [4.69, 9.17) is 4.74 Å². The Morgan fingerprint density at radius 3 is 2.68 bits per heavy atom. The molecular weight excluding hydrogens is 312 g/mol. The molecule has 0 aliphatic carbocycles. The van der Waals surface area contributed by atoms with Crippen LogP contribution < -0.4 is 15.0 Å². The number of hydrogen-bond donors (Lipinski definition) is 2. The molecule has 1 unspecified atom stereocenters. The second-order valence-electron chi connectivity index (χ2n) is 6.48. The van der Waals surface area contributed by atoms with Gasteiger partial charge >= 0.3 is 0 Å². The van der Waals surface area contributed by atoms with E-state index in [1.165, 1.54) is 16.0 Å². The number of hydrogen-bond acceptors (Lipinski definition) is 2. The van der Waals surface area contributed by atoms with E-state index in [0.717, 1.165) is 30.8 Å². The Morgan fingerprint density at radius 2 is 2.00 bits per heavy atom. The number of amides is 1. The number of aryl methyl sites for hydroxylation is 1. The minimum absolute atomic E-state index is 0.0236. The number of ether oxygens (including phenoxy) is 1. The number of methoxy groups -OCH3 is 1. The van der Waals surface area contributed by atoms with E-state index in [1.807, 2.05) is 31.2 Å². The molecule has 0 fully saturated rings. The van der Waals surface area contributed by atoms with Crippen LogP contribution in [0.5, 0.6) is 5.75 Å². The van der Waals surface area contributed by atoms with Gasteiger partial charge in [0.25, 0.3) is 5.91 Å². The molecule has 4 heteroatoms. The fraction of sp³-hybridized carbons (Fsp3) is 0.286. The van der Waals surface area contributed by atoms with E-state index in [0.29, 0.717) is 12.3 Å². The summed E-state index contributed by atoms with van der Waals surface area (Å²) in [5, 5.41) is 2.99. The Hall–Kier alpha value is -2.59. The van der Waals surface area contributed by atoms with Crippen LogP contribution in [-0.2, 0) is 4.79 Å². The van der Waals surface area contributed by atoms with E-state index < -0.39 is 0 Å². The van der Waals surface area contributed by atoms with Crippen molar-refractivity contribution < 1.29 is 14.4 Å². The van der Waals surface area contributed by atoms with Gasteiger partial charge in [-0.25, -0.2) is 0 Å². The third kappa shape index (κ3) is 4.48. The molecule has 1 heterocycles. The van der Waals surface area contributed by atoms with Gasteiger partial charge in [-0.05, 0) is 41.8 Å². The number of nitrogens with one attached hydrogen (secondary N) is 2. The summed E-state index contributed by atoms with van der Waals surface area (Å²) in [6.07, 6.45) is 3.26. The summed E-state index contributed by atoms with van der Waals surface area (Å²) in [5.74, 6) is 0.717. The lowest BCUT2D eigenvalue weighted by Gasteiger charge is -2.23. The summed E-state index contributed by atoms with van der Waals surface area (Å²) < 4.78 is 5.32. The van der Waals surface area contributed by atoms with Crippen molar-refractivity contribution in [2.75, 3.05) is 32.1 Å². The van der Waals surface area contributed by atoms with Crippen molar-refractivity contribution in [2.45, 2.75) is 13.3 Å². The average Bonchev–Trinajstić information content (AvgIpc) is 2.63. The van der Waals surface area contributed by atoms with Gasteiger partial charge in [0.2, 0.25) is 0 Å². The van der Waals surface area contributed by atoms with Gasteiger partial charge in [0.15, 0.2) is 6.54 Å². The Labute approximate surface area is 149 Å². The third-order valence-corrected chi connectivity index (χ3v) is 4.57. The van der Waals surface area contributed by atoms with Crippen molar-refractivity contribution in [1.82, 2.24) is 0 Å². The molecule has 0 saturated heterocycles. The molecule has 0 saturated carbocycles. The third-order valence-electron chi connectivity index (χ3n) is 4.57. The summed E-state index contributed by atoms with van der Waals surface area (Å²) in [6, 6.07) is 16.3. The van der Waals surface area contributed by atoms with Crippen LogP contribution in [0.3, 0.4) is 0 Å². The SMILES string of the molecule is COc1ccc(C)cc1NC(=O)C[NH+]1CC=C(c2ccccc2)CC1. The standard InChI is InChI=1S/C21H24N2O2/c1-16-8-9-20(25-2)19(14-16)22-21(24)15-23-12-10-18(11-13-23)17-6-4-3-5-7-17/h3-10,14H,11-13,15H2,1-2H3,(H,22,24)/p+1. The van der Waals surface area contributed by atoms with Crippen LogP contribution in [0.1, 0.15) is 17.5 Å². The first kappa shape index (κ1) is 17.2. The van der Waals surface area contributed by atoms with E-state index in [2.05, 4.69) is 35.7 Å². The van der Waals surface area contributed by atoms with Crippen LogP contribution in [-0.4, -0.2) is 32.7 Å². The van der Waals surface area contributed by atoms with Gasteiger partial charge in [-0.15, -0.1) is 0 Å². The predicted molar refractivity (Wildman–Crippen MR) is 101 cm³/mol. The van der Waals surface area contributed by atoms with Crippen LogP contribution >= 0.6 is 0 Å². The first-order chi connectivity index (χ1) is 12.2. The second-order valence-corrected chi connectivity index (χ2v) is 6.48. The van der Waals surface area contributed by atoms with Gasteiger partial charge in [-0.2, -0.15) is 0 Å². The van der Waals surface area contributed by atoms with Crippen molar-refractivity contribution in [3.8, 4) is 5.75 Å². The zero-order valence-electron chi connectivity index (χ0n) is 14.8. The molecule has 2 N–H and O–H groups in total. The van der Waals surface area contributed by atoms with Crippen LogP contribution in [0.25, 0.3) is 5.57 Å². The van der Waals surface area contributed by atoms with Crippen molar-refractivity contribution in [1.29, 1.82) is 0 Å². The Morgan fingerprint density at radius 1 is 1.20 bits per heavy atom. The maximum Gasteiger partial charge on any atom is 0.279 e. The highest BCUT2D eigenvalue weighted by Crippen LogP contribution is 2.25. The first-order valence-electron chi connectivity index (χ1n) is 8.68. The fourth-order valence-corrected chi connectivity index (χ4v) is 3.20. The zero-order chi connectivity index (χ0) is 17.6. The summed E-state index contributed by atoms with van der Waals surface area (Å²) >= 11 is 0. The Kier molecular flexibility index (Phi) is 5.51. The molecule has 2 aromatic carbocycles. The number of carbonyl (C=O) groups is 1. The topological polar surface area (TPSA) is 42.8 Å². The van der Waals surface area contributed by atoms with Gasteiger partial charge in [0.05, 0.1) is 25.9 Å². The maximum absolute atomic E-state index is 12.4. The quantitative estimate of drug-likeness (QED) is 0.879. The van der Waals surface area contributed by atoms with E-state index in [-0.39, 0.29) is 5.91 Å².